The smallest absolute Gasteiger partial charge is 0.251 e. The summed E-state index contributed by atoms with van der Waals surface area (Å²) in [7, 11) is -1.72. The second-order valence-corrected chi connectivity index (χ2v) is 8.64. The number of methoxy groups -OCH3 is 1. The molecule has 0 unspecified atom stereocenters. The average molecular weight is 364 g/mol. The summed E-state index contributed by atoms with van der Waals surface area (Å²) in [6.45, 7) is 2.20. The van der Waals surface area contributed by atoms with Crippen molar-refractivity contribution in [3.8, 4) is 5.75 Å². The van der Waals surface area contributed by atoms with Crippen LogP contribution in [0.3, 0.4) is 0 Å². The average Bonchev–Trinajstić information content (AvgIpc) is 3.12. The molecule has 0 spiro atoms. The van der Waals surface area contributed by atoms with Crippen molar-refractivity contribution in [3.63, 3.8) is 0 Å². The molecule has 1 aromatic heterocycles. The lowest BCUT2D eigenvalue weighted by Gasteiger charge is -2.13. The van der Waals surface area contributed by atoms with E-state index in [4.69, 9.17) is 4.74 Å². The van der Waals surface area contributed by atoms with Crippen molar-refractivity contribution in [2.75, 3.05) is 13.7 Å². The second-order valence-electron chi connectivity index (χ2n) is 6.59. The first-order valence-corrected chi connectivity index (χ1v) is 10.1. The number of pyridine rings is 1. The maximum Gasteiger partial charge on any atom is 0.251 e. The van der Waals surface area contributed by atoms with Gasteiger partial charge in [0.1, 0.15) is 5.75 Å². The summed E-state index contributed by atoms with van der Waals surface area (Å²) < 4.78 is 32.4. The van der Waals surface area contributed by atoms with Gasteiger partial charge in [-0.15, -0.1) is 0 Å². The van der Waals surface area contributed by atoms with Crippen LogP contribution in [0, 0.1) is 6.92 Å². The van der Waals surface area contributed by atoms with E-state index in [1.54, 1.807) is 7.11 Å². The molecule has 2 N–H and O–H groups in total. The van der Waals surface area contributed by atoms with Crippen LogP contribution in [-0.4, -0.2) is 32.3 Å². The fourth-order valence-corrected chi connectivity index (χ4v) is 5.03. The molecule has 0 saturated heterocycles. The van der Waals surface area contributed by atoms with Gasteiger partial charge < -0.3 is 9.72 Å². The van der Waals surface area contributed by atoms with Gasteiger partial charge in [0.15, 0.2) is 0 Å². The number of aromatic amines is 1. The first-order valence-electron chi connectivity index (χ1n) is 8.60. The zero-order chi connectivity index (χ0) is 18.0. The largest absolute Gasteiger partial charge is 0.495 e. The molecule has 1 aliphatic carbocycles. The number of H-pyrrole nitrogens is 1. The van der Waals surface area contributed by atoms with Crippen LogP contribution in [0.2, 0.25) is 0 Å². The molecule has 0 bridgehead atoms. The molecule has 25 heavy (non-hydrogen) atoms. The van der Waals surface area contributed by atoms with Crippen LogP contribution in [-0.2, 0) is 16.4 Å². The van der Waals surface area contributed by atoms with E-state index in [1.807, 2.05) is 25.1 Å². The number of rotatable bonds is 6. The number of hydrogen-bond acceptors (Lipinski definition) is 4. The van der Waals surface area contributed by atoms with Crippen LogP contribution in [0.1, 0.15) is 36.8 Å². The standard InChI is InChI=1S/C18H24N2O4S/c1-12-7-8-16(24-2)17-15(12)11-13(18(21)20-17)9-10-19-25(22,23)14-5-3-4-6-14/h7-8,11,14,19H,3-6,9-10H2,1-2H3,(H,20,21). The number of sulfonamides is 1. The van der Waals surface area contributed by atoms with Gasteiger partial charge in [0.25, 0.3) is 5.56 Å². The SMILES string of the molecule is COc1ccc(C)c2cc(CCNS(=O)(=O)C3CCCC3)c(=O)[nH]c12. The van der Waals surface area contributed by atoms with Crippen LogP contribution in [0.4, 0.5) is 0 Å². The fourth-order valence-electron chi connectivity index (χ4n) is 3.45. The molecule has 7 heteroatoms. The Bertz CT molecular complexity index is 928. The third-order valence-electron chi connectivity index (χ3n) is 4.93. The first-order chi connectivity index (χ1) is 11.9. The van der Waals surface area contributed by atoms with Crippen molar-refractivity contribution in [1.29, 1.82) is 0 Å². The van der Waals surface area contributed by atoms with E-state index >= 15 is 0 Å². The van der Waals surface area contributed by atoms with E-state index in [0.717, 1.165) is 36.6 Å². The van der Waals surface area contributed by atoms with Gasteiger partial charge in [-0.05, 0) is 43.9 Å². The Labute approximate surface area is 147 Å². The lowest BCUT2D eigenvalue weighted by Crippen LogP contribution is -2.34. The molecule has 0 radical (unpaired) electrons. The van der Waals surface area contributed by atoms with Crippen molar-refractivity contribution in [2.45, 2.75) is 44.3 Å². The van der Waals surface area contributed by atoms with Crippen LogP contribution in [0.25, 0.3) is 10.9 Å². The van der Waals surface area contributed by atoms with E-state index in [9.17, 15) is 13.2 Å². The zero-order valence-electron chi connectivity index (χ0n) is 14.6. The maximum atomic E-state index is 12.3. The van der Waals surface area contributed by atoms with Gasteiger partial charge in [-0.2, -0.15) is 0 Å². The third-order valence-corrected chi connectivity index (χ3v) is 6.89. The highest BCUT2D eigenvalue weighted by Crippen LogP contribution is 2.26. The predicted octanol–water partition coefficient (Wildman–Crippen LogP) is 2.25. The highest BCUT2D eigenvalue weighted by molar-refractivity contribution is 7.90. The quantitative estimate of drug-likeness (QED) is 0.823. The molecular formula is C18H24N2O4S. The van der Waals surface area contributed by atoms with Gasteiger partial charge in [-0.25, -0.2) is 13.1 Å². The lowest BCUT2D eigenvalue weighted by molar-refractivity contribution is 0.418. The topological polar surface area (TPSA) is 88.3 Å². The number of ether oxygens (including phenoxy) is 1. The van der Waals surface area contributed by atoms with E-state index in [-0.39, 0.29) is 17.4 Å². The lowest BCUT2D eigenvalue weighted by atomic mass is 10.1. The normalized spacial score (nSPS) is 15.8. The Morgan fingerprint density at radius 1 is 1.28 bits per heavy atom. The van der Waals surface area contributed by atoms with Gasteiger partial charge in [0, 0.05) is 17.5 Å². The number of aromatic nitrogens is 1. The minimum absolute atomic E-state index is 0.212. The number of aryl methyl sites for hydroxylation is 1. The molecule has 0 atom stereocenters. The number of fused-ring (bicyclic) bond motifs is 1. The van der Waals surface area contributed by atoms with E-state index < -0.39 is 10.0 Å². The van der Waals surface area contributed by atoms with Gasteiger partial charge in [0.2, 0.25) is 10.0 Å². The Hall–Kier alpha value is -1.86. The molecule has 1 saturated carbocycles. The monoisotopic (exact) mass is 364 g/mol. The fraction of sp³-hybridized carbons (Fsp3) is 0.500. The molecule has 1 aromatic carbocycles. The molecule has 136 valence electrons. The Balaban J connectivity index is 1.79. The molecule has 3 rings (SSSR count). The summed E-state index contributed by atoms with van der Waals surface area (Å²) in [5.41, 5.74) is 2.05. The van der Waals surface area contributed by atoms with Crippen LogP contribution >= 0.6 is 0 Å². The number of nitrogens with one attached hydrogen (secondary N) is 2. The van der Waals surface area contributed by atoms with E-state index in [0.29, 0.717) is 23.3 Å². The Morgan fingerprint density at radius 2 is 2.00 bits per heavy atom. The van der Waals surface area contributed by atoms with Gasteiger partial charge in [0.05, 0.1) is 17.9 Å². The van der Waals surface area contributed by atoms with Crippen molar-refractivity contribution in [2.24, 2.45) is 0 Å². The highest BCUT2D eigenvalue weighted by Gasteiger charge is 2.28. The molecule has 0 amide bonds. The summed E-state index contributed by atoms with van der Waals surface area (Å²) in [5.74, 6) is 0.617. The summed E-state index contributed by atoms with van der Waals surface area (Å²) in [6, 6.07) is 5.59. The molecule has 0 aliphatic heterocycles. The van der Waals surface area contributed by atoms with Crippen molar-refractivity contribution in [1.82, 2.24) is 9.71 Å². The van der Waals surface area contributed by atoms with E-state index in [2.05, 4.69) is 9.71 Å². The van der Waals surface area contributed by atoms with Crippen LogP contribution in [0.15, 0.2) is 23.0 Å². The van der Waals surface area contributed by atoms with Gasteiger partial charge in [-0.3, -0.25) is 4.79 Å². The van der Waals surface area contributed by atoms with E-state index in [1.165, 1.54) is 0 Å². The van der Waals surface area contributed by atoms with Crippen molar-refractivity contribution >= 4 is 20.9 Å². The Morgan fingerprint density at radius 3 is 2.68 bits per heavy atom. The molecular weight excluding hydrogens is 340 g/mol. The predicted molar refractivity (Wildman–Crippen MR) is 98.7 cm³/mol. The summed E-state index contributed by atoms with van der Waals surface area (Å²) in [4.78, 5) is 15.2. The number of hydrogen-bond donors (Lipinski definition) is 2. The van der Waals surface area contributed by atoms with Crippen molar-refractivity contribution in [3.05, 3.63) is 39.7 Å². The zero-order valence-corrected chi connectivity index (χ0v) is 15.4. The maximum absolute atomic E-state index is 12.3. The molecule has 6 nitrogen and oxygen atoms in total. The summed E-state index contributed by atoms with van der Waals surface area (Å²) in [6.07, 6.45) is 3.75. The molecule has 2 aromatic rings. The summed E-state index contributed by atoms with van der Waals surface area (Å²) in [5, 5.41) is 0.626. The molecule has 1 heterocycles. The summed E-state index contributed by atoms with van der Waals surface area (Å²) >= 11 is 0. The minimum atomic E-state index is -3.29. The minimum Gasteiger partial charge on any atom is -0.495 e. The van der Waals surface area contributed by atoms with Gasteiger partial charge in [-0.1, -0.05) is 18.9 Å². The first kappa shape index (κ1) is 17.9. The van der Waals surface area contributed by atoms with Crippen molar-refractivity contribution < 1.29 is 13.2 Å². The van der Waals surface area contributed by atoms with Crippen LogP contribution in [0.5, 0.6) is 5.75 Å². The molecule has 1 aliphatic rings. The number of benzene rings is 1. The second kappa shape index (κ2) is 7.17. The highest BCUT2D eigenvalue weighted by atomic mass is 32.2. The Kier molecular flexibility index (Phi) is 5.15. The van der Waals surface area contributed by atoms with Gasteiger partial charge >= 0.3 is 0 Å². The molecule has 1 fully saturated rings. The van der Waals surface area contributed by atoms with Crippen LogP contribution < -0.4 is 15.0 Å². The third kappa shape index (κ3) is 3.72.